The van der Waals surface area contributed by atoms with E-state index in [1.165, 1.54) is 0 Å². The van der Waals surface area contributed by atoms with Crippen LogP contribution in [0.2, 0.25) is 0 Å². The zero-order valence-corrected chi connectivity index (χ0v) is 23.6. The number of hydrazone groups is 2. The molecule has 4 aromatic carbocycles. The summed E-state index contributed by atoms with van der Waals surface area (Å²) in [7, 11) is 0. The molecule has 10 heteroatoms. The molecule has 0 aliphatic rings. The Bertz CT molecular complexity index is 1130. The molecule has 38 heavy (non-hydrogen) atoms. The van der Waals surface area contributed by atoms with Crippen molar-refractivity contribution >= 4 is 46.1 Å². The van der Waals surface area contributed by atoms with Crippen LogP contribution >= 0.6 is 24.4 Å². The fraction of sp³-hybridized carbons (Fsp3) is 0. The van der Waals surface area contributed by atoms with Gasteiger partial charge >= 0.3 is 16.8 Å². The third kappa shape index (κ3) is 10.8. The van der Waals surface area contributed by atoms with Crippen LogP contribution in [0.25, 0.3) is 0 Å². The first-order valence-electron chi connectivity index (χ1n) is 11.0. The van der Waals surface area contributed by atoms with Crippen LogP contribution in [0.1, 0.15) is 22.3 Å². The molecule has 0 saturated heterocycles. The van der Waals surface area contributed by atoms with E-state index < -0.39 is 0 Å². The Kier molecular flexibility index (Phi) is 15.2. The summed E-state index contributed by atoms with van der Waals surface area (Å²) in [6.07, 6.45) is 0. The zero-order chi connectivity index (χ0) is 25.6. The molecular formula is C28H26ClCoN6S2+. The maximum atomic E-state index is 5.41. The van der Waals surface area contributed by atoms with Gasteiger partial charge in [-0.05, 0) is 24.4 Å². The van der Waals surface area contributed by atoms with Gasteiger partial charge in [0.05, 0.1) is 11.4 Å². The third-order valence-corrected chi connectivity index (χ3v) is 4.93. The van der Waals surface area contributed by atoms with E-state index in [4.69, 9.17) is 35.9 Å². The molecule has 195 valence electrons. The number of benzene rings is 4. The monoisotopic (exact) mass is 604 g/mol. The van der Waals surface area contributed by atoms with E-state index in [1.807, 2.05) is 121 Å². The molecule has 0 atom stereocenters. The first kappa shape index (κ1) is 32.4. The Hall–Kier alpha value is -3.60. The van der Waals surface area contributed by atoms with E-state index in [-0.39, 0.29) is 39.4 Å². The second-order valence-corrected chi connectivity index (χ2v) is 8.22. The molecule has 6 N–H and O–H groups in total. The molecule has 0 aliphatic carbocycles. The smallest absolute Gasteiger partial charge is 1.00 e. The van der Waals surface area contributed by atoms with Crippen LogP contribution in [-0.4, -0.2) is 21.6 Å². The molecule has 0 unspecified atom stereocenters. The number of nitrogens with zero attached hydrogens (tertiary/aromatic N) is 2. The largest absolute Gasteiger partial charge is 2.00 e. The fourth-order valence-corrected chi connectivity index (χ4v) is 3.29. The molecule has 4 aromatic rings. The molecule has 6 nitrogen and oxygen atoms in total. The molecule has 0 amide bonds. The van der Waals surface area contributed by atoms with Crippen molar-refractivity contribution in [2.75, 3.05) is 0 Å². The summed E-state index contributed by atoms with van der Waals surface area (Å²) in [5.41, 5.74) is 21.7. The Balaban J connectivity index is 0.000000361. The Morgan fingerprint density at radius 2 is 0.684 bits per heavy atom. The van der Waals surface area contributed by atoms with E-state index in [2.05, 4.69) is 21.1 Å². The van der Waals surface area contributed by atoms with Crippen LogP contribution in [0.3, 0.4) is 0 Å². The van der Waals surface area contributed by atoms with Gasteiger partial charge in [-0.15, -0.1) is 0 Å². The Morgan fingerprint density at radius 1 is 0.474 bits per heavy atom. The predicted molar refractivity (Wildman–Crippen MR) is 157 cm³/mol. The number of halogens is 1. The summed E-state index contributed by atoms with van der Waals surface area (Å²) in [6.45, 7) is 0. The predicted octanol–water partition coefficient (Wildman–Crippen LogP) is 1.55. The van der Waals surface area contributed by atoms with E-state index >= 15 is 0 Å². The van der Waals surface area contributed by atoms with Crippen molar-refractivity contribution < 1.29 is 29.2 Å². The first-order chi connectivity index (χ1) is 17.5. The summed E-state index contributed by atoms with van der Waals surface area (Å²) in [6, 6.07) is 39.5. The van der Waals surface area contributed by atoms with Crippen LogP contribution in [0.15, 0.2) is 132 Å². The quantitative estimate of drug-likeness (QED) is 0.151. The van der Waals surface area contributed by atoms with Crippen LogP contribution in [-0.2, 0) is 16.8 Å². The van der Waals surface area contributed by atoms with Gasteiger partial charge < -0.3 is 23.9 Å². The number of rotatable bonds is 6. The van der Waals surface area contributed by atoms with Gasteiger partial charge in [0.25, 0.3) is 0 Å². The summed E-state index contributed by atoms with van der Waals surface area (Å²) in [5.74, 6) is 0. The van der Waals surface area contributed by atoms with Crippen LogP contribution in [0, 0.1) is 0 Å². The van der Waals surface area contributed by atoms with Gasteiger partial charge in [0.2, 0.25) is 0 Å². The zero-order valence-electron chi connectivity index (χ0n) is 20.1. The normalized spacial score (nSPS) is 9.05. The van der Waals surface area contributed by atoms with Crippen molar-refractivity contribution in [2.24, 2.45) is 21.7 Å². The fourth-order valence-electron chi connectivity index (χ4n) is 3.20. The summed E-state index contributed by atoms with van der Waals surface area (Å²) in [5, 5.41) is 8.83. The topological polar surface area (TPSA) is 101 Å². The number of hydrogen-bond acceptors (Lipinski definition) is 4. The maximum absolute atomic E-state index is 5.41. The number of nitrogens with two attached hydrogens (primary N) is 2. The molecule has 0 aliphatic heterocycles. The number of thiocarbonyl (C=S) groups is 2. The Morgan fingerprint density at radius 3 is 0.868 bits per heavy atom. The van der Waals surface area contributed by atoms with Crippen LogP contribution in [0.5, 0.6) is 0 Å². The van der Waals surface area contributed by atoms with Gasteiger partial charge in [-0.1, -0.05) is 121 Å². The van der Waals surface area contributed by atoms with E-state index in [1.54, 1.807) is 0 Å². The second kappa shape index (κ2) is 17.8. The van der Waals surface area contributed by atoms with Gasteiger partial charge in [0.1, 0.15) is 0 Å². The van der Waals surface area contributed by atoms with Crippen molar-refractivity contribution in [3.8, 4) is 0 Å². The minimum atomic E-state index is 0. The van der Waals surface area contributed by atoms with E-state index in [9.17, 15) is 0 Å². The van der Waals surface area contributed by atoms with Crippen molar-refractivity contribution in [2.45, 2.75) is 0 Å². The standard InChI is InChI=1S/2C14H13N3S.ClH.Co/c2*15-14(18)17-16-13(11-7-3-1-4-8-11)12-9-5-2-6-10-12;;/h2*1-10H,(H3,15,17,18);1H;/q;;;+2/p-1. The number of nitrogens with one attached hydrogen (secondary N) is 2. The molecule has 0 saturated carbocycles. The first-order valence-corrected chi connectivity index (χ1v) is 11.8. The summed E-state index contributed by atoms with van der Waals surface area (Å²) in [4.78, 5) is 0. The molecule has 0 fully saturated rings. The molecule has 0 bridgehead atoms. The van der Waals surface area contributed by atoms with Crippen molar-refractivity contribution in [3.05, 3.63) is 144 Å². The van der Waals surface area contributed by atoms with Gasteiger partial charge in [-0.25, -0.2) is 0 Å². The van der Waals surface area contributed by atoms with Gasteiger partial charge in [-0.2, -0.15) is 10.2 Å². The minimum absolute atomic E-state index is 0. The average Bonchev–Trinajstić information content (AvgIpc) is 2.91. The van der Waals surface area contributed by atoms with Gasteiger partial charge in [0, 0.05) is 22.3 Å². The average molecular weight is 605 g/mol. The Labute approximate surface area is 250 Å². The van der Waals surface area contributed by atoms with Crippen LogP contribution in [0.4, 0.5) is 0 Å². The molecule has 0 spiro atoms. The van der Waals surface area contributed by atoms with Gasteiger partial charge in [0.15, 0.2) is 10.2 Å². The number of hydrogen-bond donors (Lipinski definition) is 4. The molecule has 4 rings (SSSR count). The third-order valence-electron chi connectivity index (χ3n) is 4.74. The molecule has 1 radical (unpaired) electrons. The van der Waals surface area contributed by atoms with Crippen molar-refractivity contribution in [1.82, 2.24) is 10.9 Å². The molecule has 0 aromatic heterocycles. The van der Waals surface area contributed by atoms with E-state index in [0.717, 1.165) is 33.7 Å². The van der Waals surface area contributed by atoms with Gasteiger partial charge in [-0.3, -0.25) is 10.9 Å². The minimum Gasteiger partial charge on any atom is -1.00 e. The van der Waals surface area contributed by atoms with Crippen LogP contribution < -0.4 is 34.7 Å². The maximum Gasteiger partial charge on any atom is 2.00 e. The SMILES string of the molecule is NC(=S)NN=C(c1ccccc1)c1ccccc1.NC(=S)NN=C(c1ccccc1)c1ccccc1.[Cl-].[Co+2]. The summed E-state index contributed by atoms with van der Waals surface area (Å²) >= 11 is 9.55. The molecular weight excluding hydrogens is 579 g/mol. The van der Waals surface area contributed by atoms with E-state index in [0.29, 0.717) is 0 Å². The molecule has 0 heterocycles. The van der Waals surface area contributed by atoms with Crippen molar-refractivity contribution in [3.63, 3.8) is 0 Å². The van der Waals surface area contributed by atoms with Crippen molar-refractivity contribution in [1.29, 1.82) is 0 Å². The second-order valence-electron chi connectivity index (χ2n) is 7.34. The summed E-state index contributed by atoms with van der Waals surface area (Å²) < 4.78 is 0.